The maximum Gasteiger partial charge on any atom is 0.227 e. The summed E-state index contributed by atoms with van der Waals surface area (Å²) in [4.78, 5) is 10.1. The van der Waals surface area contributed by atoms with E-state index in [-0.39, 0.29) is 5.41 Å². The number of hydrogen-bond donors (Lipinski definition) is 0. The van der Waals surface area contributed by atoms with E-state index in [1.807, 2.05) is 12.1 Å². The average molecular weight is 508 g/mol. The Balaban J connectivity index is 1.47. The molecule has 7 aromatic rings. The maximum absolute atomic E-state index is 6.55. The fraction of sp³-hybridized carbons (Fsp3) is 0.143. The minimum absolute atomic E-state index is 0.0646. The van der Waals surface area contributed by atoms with E-state index in [1.165, 1.54) is 11.1 Å². The van der Waals surface area contributed by atoms with Gasteiger partial charge in [-0.2, -0.15) is 0 Å². The summed E-state index contributed by atoms with van der Waals surface area (Å²) < 4.78 is 8.79. The molecule has 4 nitrogen and oxygen atoms in total. The van der Waals surface area contributed by atoms with Crippen LogP contribution in [0.4, 0.5) is 0 Å². The molecule has 4 aromatic carbocycles. The van der Waals surface area contributed by atoms with Gasteiger partial charge < -0.3 is 4.42 Å². The van der Waals surface area contributed by atoms with Crippen LogP contribution in [-0.2, 0) is 5.41 Å². The zero-order valence-corrected chi connectivity index (χ0v) is 22.6. The summed E-state index contributed by atoms with van der Waals surface area (Å²) in [6, 6.07) is 36.0. The van der Waals surface area contributed by atoms with Crippen LogP contribution in [0.2, 0.25) is 0 Å². The number of benzene rings is 4. The summed E-state index contributed by atoms with van der Waals surface area (Å²) in [6.07, 6.45) is 0. The highest BCUT2D eigenvalue weighted by Crippen LogP contribution is 2.39. The van der Waals surface area contributed by atoms with Gasteiger partial charge in [0.05, 0.1) is 16.6 Å². The molecular weight excluding hydrogens is 478 g/mol. The van der Waals surface area contributed by atoms with Crippen molar-refractivity contribution in [1.82, 2.24) is 14.5 Å². The third-order valence-corrected chi connectivity index (χ3v) is 7.50. The Morgan fingerprint density at radius 1 is 0.692 bits per heavy atom. The van der Waals surface area contributed by atoms with Crippen molar-refractivity contribution in [2.75, 3.05) is 0 Å². The van der Waals surface area contributed by atoms with E-state index < -0.39 is 0 Å². The van der Waals surface area contributed by atoms with E-state index in [1.54, 1.807) is 0 Å². The van der Waals surface area contributed by atoms with Crippen molar-refractivity contribution in [2.24, 2.45) is 0 Å². The number of fused-ring (bicyclic) bond motifs is 4. The van der Waals surface area contributed by atoms with Crippen LogP contribution in [0.3, 0.4) is 0 Å². The Labute approximate surface area is 227 Å². The molecular formula is C35H29N3O. The van der Waals surface area contributed by atoms with E-state index in [2.05, 4.69) is 123 Å². The number of hydrogen-bond acceptors (Lipinski definition) is 3. The predicted octanol–water partition coefficient (Wildman–Crippen LogP) is 9.26. The van der Waals surface area contributed by atoms with Gasteiger partial charge in [-0.25, -0.2) is 9.97 Å². The summed E-state index contributed by atoms with van der Waals surface area (Å²) in [7, 11) is 0. The zero-order chi connectivity index (χ0) is 26.7. The molecule has 4 heteroatoms. The van der Waals surface area contributed by atoms with Gasteiger partial charge in [0.25, 0.3) is 0 Å². The van der Waals surface area contributed by atoms with Crippen LogP contribution in [0.5, 0.6) is 0 Å². The van der Waals surface area contributed by atoms with Crippen LogP contribution < -0.4 is 0 Å². The van der Waals surface area contributed by atoms with E-state index in [9.17, 15) is 0 Å². The van der Waals surface area contributed by atoms with Crippen molar-refractivity contribution in [1.29, 1.82) is 0 Å². The van der Waals surface area contributed by atoms with E-state index in [0.717, 1.165) is 55.7 Å². The molecule has 0 bridgehead atoms. The second-order valence-corrected chi connectivity index (χ2v) is 11.2. The third-order valence-electron chi connectivity index (χ3n) is 7.50. The lowest BCUT2D eigenvalue weighted by molar-refractivity contribution is 0.562. The van der Waals surface area contributed by atoms with Gasteiger partial charge in [-0.3, -0.25) is 4.57 Å². The summed E-state index contributed by atoms with van der Waals surface area (Å²) in [5, 5.41) is 2.13. The number of aromatic nitrogens is 3. The van der Waals surface area contributed by atoms with Crippen LogP contribution in [-0.4, -0.2) is 14.5 Å². The van der Waals surface area contributed by atoms with Crippen LogP contribution >= 0.6 is 0 Å². The molecule has 3 aromatic heterocycles. The number of furan rings is 1. The molecule has 39 heavy (non-hydrogen) atoms. The van der Waals surface area contributed by atoms with Crippen molar-refractivity contribution >= 4 is 33.1 Å². The normalized spacial score (nSPS) is 12.1. The molecule has 7 rings (SSSR count). The molecule has 0 aliphatic carbocycles. The first kappa shape index (κ1) is 23.4. The van der Waals surface area contributed by atoms with Crippen LogP contribution in [0.1, 0.15) is 32.0 Å². The van der Waals surface area contributed by atoms with Gasteiger partial charge in [-0.1, -0.05) is 81.4 Å². The summed E-state index contributed by atoms with van der Waals surface area (Å²) in [6.45, 7) is 8.65. The van der Waals surface area contributed by atoms with E-state index in [4.69, 9.17) is 14.4 Å². The van der Waals surface area contributed by atoms with Gasteiger partial charge in [-0.15, -0.1) is 0 Å². The molecule has 0 saturated carbocycles. The molecule has 0 saturated heterocycles. The second kappa shape index (κ2) is 8.67. The maximum atomic E-state index is 6.55. The van der Waals surface area contributed by atoms with Gasteiger partial charge in [0.1, 0.15) is 11.4 Å². The first-order valence-electron chi connectivity index (χ1n) is 13.4. The van der Waals surface area contributed by atoms with Gasteiger partial charge in [0.15, 0.2) is 0 Å². The van der Waals surface area contributed by atoms with E-state index >= 15 is 0 Å². The van der Waals surface area contributed by atoms with Crippen LogP contribution in [0, 0.1) is 6.92 Å². The second-order valence-electron chi connectivity index (χ2n) is 11.2. The topological polar surface area (TPSA) is 43.9 Å². The number of para-hydroxylation sites is 2. The summed E-state index contributed by atoms with van der Waals surface area (Å²) in [5.41, 5.74) is 9.98. The largest absolute Gasteiger partial charge is 0.437 e. The molecule has 0 aliphatic heterocycles. The SMILES string of the molecule is Cc1ccc(-c2nc3ccccc3n2-c2ccc(-c3ccccc3)cc2)c2oc3nc(C(C)(C)C)ccc3c12. The van der Waals surface area contributed by atoms with Crippen molar-refractivity contribution in [3.8, 4) is 28.2 Å². The lowest BCUT2D eigenvalue weighted by Gasteiger charge is -2.16. The Morgan fingerprint density at radius 3 is 2.18 bits per heavy atom. The van der Waals surface area contributed by atoms with Crippen LogP contribution in [0.15, 0.2) is 108 Å². The Bertz CT molecular complexity index is 1990. The quantitative estimate of drug-likeness (QED) is 0.239. The van der Waals surface area contributed by atoms with Crippen molar-refractivity contribution in [2.45, 2.75) is 33.1 Å². The third kappa shape index (κ3) is 3.83. The number of rotatable bonds is 3. The average Bonchev–Trinajstić information content (AvgIpc) is 3.52. The molecule has 0 N–H and O–H groups in total. The standard InChI is InChI=1S/C35H29N3O/c1-22-14-19-27(32-31(22)26-20-21-30(35(2,3)4)37-34(26)39-32)33-36-28-12-8-9-13-29(28)38(33)25-17-15-24(16-18-25)23-10-6-5-7-11-23/h5-21H,1-4H3. The molecule has 0 atom stereocenters. The lowest BCUT2D eigenvalue weighted by atomic mass is 9.91. The molecule has 0 radical (unpaired) electrons. The molecule has 0 unspecified atom stereocenters. The summed E-state index contributed by atoms with van der Waals surface area (Å²) >= 11 is 0. The smallest absolute Gasteiger partial charge is 0.227 e. The molecule has 190 valence electrons. The summed E-state index contributed by atoms with van der Waals surface area (Å²) in [5.74, 6) is 0.851. The monoisotopic (exact) mass is 507 g/mol. The first-order chi connectivity index (χ1) is 18.9. The highest BCUT2D eigenvalue weighted by molar-refractivity contribution is 6.10. The fourth-order valence-electron chi connectivity index (χ4n) is 5.42. The number of aryl methyl sites for hydroxylation is 1. The highest BCUT2D eigenvalue weighted by Gasteiger charge is 2.23. The number of imidazole rings is 1. The molecule has 0 aliphatic rings. The predicted molar refractivity (Wildman–Crippen MR) is 160 cm³/mol. The van der Waals surface area contributed by atoms with Crippen molar-refractivity contribution in [3.63, 3.8) is 0 Å². The molecule has 0 fully saturated rings. The van der Waals surface area contributed by atoms with Gasteiger partial charge in [0.2, 0.25) is 5.71 Å². The van der Waals surface area contributed by atoms with Crippen LogP contribution in [0.25, 0.3) is 61.3 Å². The first-order valence-corrected chi connectivity index (χ1v) is 13.4. The van der Waals surface area contributed by atoms with E-state index in [0.29, 0.717) is 5.71 Å². The minimum Gasteiger partial charge on any atom is -0.437 e. The molecule has 0 spiro atoms. The lowest BCUT2D eigenvalue weighted by Crippen LogP contribution is -2.12. The van der Waals surface area contributed by atoms with Crippen molar-refractivity contribution in [3.05, 3.63) is 114 Å². The van der Waals surface area contributed by atoms with Crippen molar-refractivity contribution < 1.29 is 4.42 Å². The highest BCUT2D eigenvalue weighted by atomic mass is 16.3. The van der Waals surface area contributed by atoms with Gasteiger partial charge >= 0.3 is 0 Å². The Morgan fingerprint density at radius 2 is 1.41 bits per heavy atom. The fourth-order valence-corrected chi connectivity index (χ4v) is 5.42. The van der Waals surface area contributed by atoms with Gasteiger partial charge in [-0.05, 0) is 66.1 Å². The zero-order valence-electron chi connectivity index (χ0n) is 22.6. The Hall–Kier alpha value is -4.70. The number of nitrogens with zero attached hydrogens (tertiary/aromatic N) is 3. The molecule has 3 heterocycles. The Kier molecular flexibility index (Phi) is 5.21. The number of pyridine rings is 1. The minimum atomic E-state index is -0.0646. The molecule has 0 amide bonds. The van der Waals surface area contributed by atoms with Gasteiger partial charge in [0, 0.05) is 27.6 Å².